The molecule has 0 aliphatic rings. The summed E-state index contributed by atoms with van der Waals surface area (Å²) in [6.45, 7) is 4.88. The fraction of sp³-hybridized carbons (Fsp3) is 0.429. The van der Waals surface area contributed by atoms with Crippen molar-refractivity contribution in [2.45, 2.75) is 13.8 Å². The van der Waals surface area contributed by atoms with Gasteiger partial charge in [-0.25, -0.2) is 0 Å². The Hall–Kier alpha value is -1.84. The third kappa shape index (κ3) is 5.87. The molecule has 6 heteroatoms. The normalized spacial score (nSPS) is 9.80. The predicted molar refractivity (Wildman–Crippen MR) is 80.4 cm³/mol. The smallest absolute Gasteiger partial charge is 0.252 e. The lowest BCUT2D eigenvalue weighted by atomic mass is 10.2. The van der Waals surface area contributed by atoms with Gasteiger partial charge in [0, 0.05) is 11.9 Å². The fourth-order valence-electron chi connectivity index (χ4n) is 1.30. The summed E-state index contributed by atoms with van der Waals surface area (Å²) in [5.74, 6) is 5.51. The summed E-state index contributed by atoms with van der Waals surface area (Å²) in [6.07, 6.45) is 0. The minimum Gasteiger partial charge on any atom is -0.354 e. The van der Waals surface area contributed by atoms with Crippen LogP contribution in [0, 0.1) is 17.8 Å². The van der Waals surface area contributed by atoms with E-state index in [-0.39, 0.29) is 24.9 Å². The Morgan fingerprint density at radius 2 is 2.15 bits per heavy atom. The Morgan fingerprint density at radius 1 is 1.40 bits per heavy atom. The topological polar surface area (TPSA) is 84.2 Å². The molecule has 108 valence electrons. The van der Waals surface area contributed by atoms with Crippen LogP contribution < -0.4 is 16.4 Å². The quantitative estimate of drug-likeness (QED) is 0.694. The minimum atomic E-state index is -0.276. The molecule has 1 aromatic heterocycles. The van der Waals surface area contributed by atoms with Gasteiger partial charge in [0.15, 0.2) is 0 Å². The summed E-state index contributed by atoms with van der Waals surface area (Å²) in [6, 6.07) is 1.69. The van der Waals surface area contributed by atoms with Crippen LogP contribution in [-0.4, -0.2) is 31.4 Å². The number of carbonyl (C=O) groups is 2. The van der Waals surface area contributed by atoms with E-state index in [2.05, 4.69) is 22.5 Å². The summed E-state index contributed by atoms with van der Waals surface area (Å²) in [5, 5.41) is 7.02. The molecule has 5 nitrogen and oxygen atoms in total. The largest absolute Gasteiger partial charge is 0.354 e. The van der Waals surface area contributed by atoms with Crippen LogP contribution in [0.2, 0.25) is 0 Å². The highest BCUT2D eigenvalue weighted by Crippen LogP contribution is 2.13. The van der Waals surface area contributed by atoms with Crippen LogP contribution in [0.15, 0.2) is 11.4 Å². The summed E-state index contributed by atoms with van der Waals surface area (Å²) in [5.41, 5.74) is 5.79. The van der Waals surface area contributed by atoms with E-state index in [4.69, 9.17) is 5.73 Å². The molecule has 0 saturated carbocycles. The molecule has 1 aromatic rings. The summed E-state index contributed by atoms with van der Waals surface area (Å²) in [4.78, 5) is 24.1. The van der Waals surface area contributed by atoms with Crippen LogP contribution in [0.25, 0.3) is 0 Å². The standard InChI is InChI=1S/C14H19N3O2S/c1-10(2)7-16-13(18)8-17-14(19)11-6-12(20-9-11)4-3-5-15/h6,9-10H,5,7-8,15H2,1-2H3,(H,16,18)(H,17,19). The maximum absolute atomic E-state index is 11.8. The molecule has 2 amide bonds. The molecule has 0 atom stereocenters. The molecular weight excluding hydrogens is 274 g/mol. The Morgan fingerprint density at radius 3 is 2.80 bits per heavy atom. The first-order valence-corrected chi connectivity index (χ1v) is 7.23. The van der Waals surface area contributed by atoms with Crippen LogP contribution in [0.4, 0.5) is 0 Å². The van der Waals surface area contributed by atoms with Crippen LogP contribution in [0.1, 0.15) is 29.1 Å². The molecular formula is C14H19N3O2S. The van der Waals surface area contributed by atoms with Crippen molar-refractivity contribution in [3.05, 3.63) is 21.9 Å². The first kappa shape index (κ1) is 16.2. The van der Waals surface area contributed by atoms with E-state index in [0.717, 1.165) is 4.88 Å². The van der Waals surface area contributed by atoms with Crippen LogP contribution in [0.5, 0.6) is 0 Å². The number of thiophene rings is 1. The van der Waals surface area contributed by atoms with Crippen molar-refractivity contribution in [1.82, 2.24) is 10.6 Å². The van der Waals surface area contributed by atoms with Gasteiger partial charge in [0.1, 0.15) is 0 Å². The van der Waals surface area contributed by atoms with E-state index < -0.39 is 0 Å². The Labute approximate surface area is 122 Å². The predicted octanol–water partition coefficient (Wildman–Crippen LogP) is 0.560. The lowest BCUT2D eigenvalue weighted by molar-refractivity contribution is -0.120. The SMILES string of the molecule is CC(C)CNC(=O)CNC(=O)c1csc(C#CCN)c1. The van der Waals surface area contributed by atoms with Gasteiger partial charge < -0.3 is 16.4 Å². The van der Waals surface area contributed by atoms with E-state index >= 15 is 0 Å². The molecule has 0 fully saturated rings. The van der Waals surface area contributed by atoms with E-state index in [1.54, 1.807) is 11.4 Å². The van der Waals surface area contributed by atoms with Crippen molar-refractivity contribution in [1.29, 1.82) is 0 Å². The molecule has 0 aliphatic heterocycles. The molecule has 1 rings (SSSR count). The zero-order valence-electron chi connectivity index (χ0n) is 11.7. The maximum atomic E-state index is 11.8. The first-order valence-electron chi connectivity index (χ1n) is 6.35. The molecule has 1 heterocycles. The summed E-state index contributed by atoms with van der Waals surface area (Å²) < 4.78 is 0. The van der Waals surface area contributed by atoms with Gasteiger partial charge in [-0.05, 0) is 12.0 Å². The average Bonchev–Trinajstić information content (AvgIpc) is 2.89. The van der Waals surface area contributed by atoms with Gasteiger partial charge in [0.2, 0.25) is 5.91 Å². The lowest BCUT2D eigenvalue weighted by Gasteiger charge is -2.08. The number of nitrogens with one attached hydrogen (secondary N) is 2. The highest BCUT2D eigenvalue weighted by molar-refractivity contribution is 7.10. The van der Waals surface area contributed by atoms with Crippen LogP contribution in [-0.2, 0) is 4.79 Å². The van der Waals surface area contributed by atoms with Gasteiger partial charge in [-0.3, -0.25) is 9.59 Å². The van der Waals surface area contributed by atoms with Gasteiger partial charge in [0.05, 0.1) is 23.5 Å². The van der Waals surface area contributed by atoms with E-state index in [1.165, 1.54) is 11.3 Å². The van der Waals surface area contributed by atoms with Gasteiger partial charge >= 0.3 is 0 Å². The van der Waals surface area contributed by atoms with Gasteiger partial charge in [0.25, 0.3) is 5.91 Å². The zero-order valence-corrected chi connectivity index (χ0v) is 12.5. The van der Waals surface area contributed by atoms with Gasteiger partial charge in [-0.1, -0.05) is 25.7 Å². The molecule has 0 unspecified atom stereocenters. The van der Waals surface area contributed by atoms with Crippen molar-refractivity contribution >= 4 is 23.2 Å². The van der Waals surface area contributed by atoms with Crippen molar-refractivity contribution in [3.8, 4) is 11.8 Å². The summed E-state index contributed by atoms with van der Waals surface area (Å²) in [7, 11) is 0. The molecule has 0 aromatic carbocycles. The van der Waals surface area contributed by atoms with E-state index in [0.29, 0.717) is 18.0 Å². The number of carbonyl (C=O) groups excluding carboxylic acids is 2. The second-order valence-electron chi connectivity index (χ2n) is 4.59. The minimum absolute atomic E-state index is 0.0226. The number of nitrogens with two attached hydrogens (primary N) is 1. The molecule has 0 aliphatic carbocycles. The third-order valence-corrected chi connectivity index (χ3v) is 3.14. The molecule has 0 radical (unpaired) electrons. The molecule has 20 heavy (non-hydrogen) atoms. The highest BCUT2D eigenvalue weighted by atomic mass is 32.1. The maximum Gasteiger partial charge on any atom is 0.252 e. The number of hydrogen-bond acceptors (Lipinski definition) is 4. The van der Waals surface area contributed by atoms with Crippen LogP contribution >= 0.6 is 11.3 Å². The molecule has 0 spiro atoms. The first-order chi connectivity index (χ1) is 9.52. The molecule has 0 bridgehead atoms. The van der Waals surface area contributed by atoms with Crippen molar-refractivity contribution in [2.75, 3.05) is 19.6 Å². The van der Waals surface area contributed by atoms with Crippen molar-refractivity contribution in [3.63, 3.8) is 0 Å². The van der Waals surface area contributed by atoms with Crippen molar-refractivity contribution in [2.24, 2.45) is 11.7 Å². The van der Waals surface area contributed by atoms with Gasteiger partial charge in [-0.15, -0.1) is 11.3 Å². The summed E-state index contributed by atoms with van der Waals surface area (Å²) >= 11 is 1.38. The number of rotatable bonds is 5. The average molecular weight is 293 g/mol. The number of amides is 2. The Balaban J connectivity index is 2.43. The molecule has 0 saturated heterocycles. The van der Waals surface area contributed by atoms with E-state index in [1.807, 2.05) is 13.8 Å². The monoisotopic (exact) mass is 293 g/mol. The number of hydrogen-bond donors (Lipinski definition) is 3. The van der Waals surface area contributed by atoms with Crippen molar-refractivity contribution < 1.29 is 9.59 Å². The highest BCUT2D eigenvalue weighted by Gasteiger charge is 2.09. The third-order valence-electron chi connectivity index (χ3n) is 2.29. The zero-order chi connectivity index (χ0) is 15.0. The fourth-order valence-corrected chi connectivity index (χ4v) is 2.06. The Kier molecular flexibility index (Phi) is 6.77. The second-order valence-corrected chi connectivity index (χ2v) is 5.50. The molecule has 4 N–H and O–H groups in total. The second kappa shape index (κ2) is 8.35. The van der Waals surface area contributed by atoms with E-state index in [9.17, 15) is 9.59 Å². The Bertz CT molecular complexity index is 526. The van der Waals surface area contributed by atoms with Crippen LogP contribution in [0.3, 0.4) is 0 Å². The van der Waals surface area contributed by atoms with Gasteiger partial charge in [-0.2, -0.15) is 0 Å². The lowest BCUT2D eigenvalue weighted by Crippen LogP contribution is -2.38.